The highest BCUT2D eigenvalue weighted by atomic mass is 15.3. The number of benzene rings is 1. The van der Waals surface area contributed by atoms with E-state index in [1.165, 1.54) is 5.56 Å². The quantitative estimate of drug-likeness (QED) is 0.692. The molecule has 0 fully saturated rings. The second-order valence-electron chi connectivity index (χ2n) is 5.67. The van der Waals surface area contributed by atoms with Gasteiger partial charge < -0.3 is 5.32 Å². The fraction of sp³-hybridized carbons (Fsp3) is 0.353. The van der Waals surface area contributed by atoms with E-state index >= 15 is 0 Å². The molecule has 0 saturated carbocycles. The maximum absolute atomic E-state index is 4.24. The van der Waals surface area contributed by atoms with Gasteiger partial charge in [-0.15, -0.1) is 0 Å². The van der Waals surface area contributed by atoms with Crippen molar-refractivity contribution >= 4 is 0 Å². The minimum Gasteiger partial charge on any atom is -0.314 e. The fourth-order valence-corrected chi connectivity index (χ4v) is 2.48. The number of rotatable bonds is 8. The van der Waals surface area contributed by atoms with Crippen LogP contribution in [0.2, 0.25) is 0 Å². The Labute approximate surface area is 136 Å². The van der Waals surface area contributed by atoms with E-state index in [4.69, 9.17) is 0 Å². The molecule has 120 valence electrons. The Kier molecular flexibility index (Phi) is 5.16. The second kappa shape index (κ2) is 7.69. The van der Waals surface area contributed by atoms with Gasteiger partial charge in [-0.25, -0.2) is 9.67 Å². The normalized spacial score (nSPS) is 12.4. The van der Waals surface area contributed by atoms with Gasteiger partial charge in [-0.1, -0.05) is 12.1 Å². The molecule has 1 N–H and O–H groups in total. The number of aromatic nitrogens is 5. The predicted octanol–water partition coefficient (Wildman–Crippen LogP) is 2.07. The Morgan fingerprint density at radius 1 is 1.17 bits per heavy atom. The molecule has 1 aromatic carbocycles. The first-order valence-electron chi connectivity index (χ1n) is 7.96. The fourth-order valence-electron chi connectivity index (χ4n) is 2.48. The maximum Gasteiger partial charge on any atom is 0.137 e. The summed E-state index contributed by atoms with van der Waals surface area (Å²) in [6.45, 7) is 4.07. The lowest BCUT2D eigenvalue weighted by Crippen LogP contribution is -2.29. The van der Waals surface area contributed by atoms with Crippen LogP contribution in [0.4, 0.5) is 0 Å². The van der Waals surface area contributed by atoms with Crippen LogP contribution in [-0.4, -0.2) is 37.1 Å². The maximum atomic E-state index is 4.24. The third-order valence-electron chi connectivity index (χ3n) is 3.87. The molecule has 0 amide bonds. The van der Waals surface area contributed by atoms with E-state index in [2.05, 4.69) is 51.7 Å². The van der Waals surface area contributed by atoms with Crippen LogP contribution in [0.1, 0.15) is 18.9 Å². The Morgan fingerprint density at radius 3 is 2.74 bits per heavy atom. The van der Waals surface area contributed by atoms with Crippen LogP contribution in [0.25, 0.3) is 5.69 Å². The summed E-state index contributed by atoms with van der Waals surface area (Å²) in [6, 6.07) is 10.9. The Morgan fingerprint density at radius 2 is 2.04 bits per heavy atom. The summed E-state index contributed by atoms with van der Waals surface area (Å²) < 4.78 is 3.74. The number of nitrogens with zero attached hydrogens (tertiary/aromatic N) is 5. The molecule has 23 heavy (non-hydrogen) atoms. The summed E-state index contributed by atoms with van der Waals surface area (Å²) in [5.41, 5.74) is 2.42. The molecule has 2 aromatic heterocycles. The summed E-state index contributed by atoms with van der Waals surface area (Å²) in [7, 11) is 0. The molecule has 0 aliphatic carbocycles. The first-order chi connectivity index (χ1) is 11.3. The molecule has 2 heterocycles. The van der Waals surface area contributed by atoms with E-state index in [0.29, 0.717) is 6.04 Å². The van der Waals surface area contributed by atoms with Gasteiger partial charge in [0.05, 0.1) is 5.69 Å². The van der Waals surface area contributed by atoms with Crippen LogP contribution >= 0.6 is 0 Å². The van der Waals surface area contributed by atoms with Gasteiger partial charge in [-0.3, -0.25) is 4.68 Å². The molecular weight excluding hydrogens is 288 g/mol. The average molecular weight is 310 g/mol. The Balaban J connectivity index is 1.40. The highest BCUT2D eigenvalue weighted by Crippen LogP contribution is 2.09. The zero-order chi connectivity index (χ0) is 15.9. The van der Waals surface area contributed by atoms with Gasteiger partial charge in [0.15, 0.2) is 0 Å². The molecule has 0 bridgehead atoms. The van der Waals surface area contributed by atoms with Crippen molar-refractivity contribution in [3.05, 3.63) is 60.9 Å². The summed E-state index contributed by atoms with van der Waals surface area (Å²) in [5, 5.41) is 11.9. The van der Waals surface area contributed by atoms with Gasteiger partial charge >= 0.3 is 0 Å². The SMILES string of the molecule is CC(CCn1cncn1)NCCc1ccc(-n2cccn2)cc1. The van der Waals surface area contributed by atoms with Crippen molar-refractivity contribution < 1.29 is 0 Å². The van der Waals surface area contributed by atoms with Crippen LogP contribution in [-0.2, 0) is 13.0 Å². The van der Waals surface area contributed by atoms with Crippen LogP contribution in [0.3, 0.4) is 0 Å². The van der Waals surface area contributed by atoms with Crippen molar-refractivity contribution in [2.45, 2.75) is 32.4 Å². The first kappa shape index (κ1) is 15.4. The molecule has 6 heteroatoms. The van der Waals surface area contributed by atoms with E-state index in [0.717, 1.165) is 31.6 Å². The number of hydrogen-bond acceptors (Lipinski definition) is 4. The number of nitrogens with one attached hydrogen (secondary N) is 1. The van der Waals surface area contributed by atoms with E-state index in [1.807, 2.05) is 21.6 Å². The molecule has 6 nitrogen and oxygen atoms in total. The molecule has 0 aliphatic rings. The van der Waals surface area contributed by atoms with Gasteiger partial charge in [0, 0.05) is 25.0 Å². The van der Waals surface area contributed by atoms with E-state index in [9.17, 15) is 0 Å². The van der Waals surface area contributed by atoms with E-state index in [-0.39, 0.29) is 0 Å². The molecule has 3 rings (SSSR count). The van der Waals surface area contributed by atoms with Crippen LogP contribution in [0.5, 0.6) is 0 Å². The minimum atomic E-state index is 0.461. The summed E-state index contributed by atoms with van der Waals surface area (Å²) in [5.74, 6) is 0. The van der Waals surface area contributed by atoms with Crippen molar-refractivity contribution in [3.63, 3.8) is 0 Å². The third kappa shape index (κ3) is 4.50. The average Bonchev–Trinajstić information content (AvgIpc) is 3.27. The minimum absolute atomic E-state index is 0.461. The lowest BCUT2D eigenvalue weighted by molar-refractivity contribution is 0.460. The molecule has 0 saturated heterocycles. The van der Waals surface area contributed by atoms with Crippen molar-refractivity contribution in [3.8, 4) is 5.69 Å². The van der Waals surface area contributed by atoms with Crippen LogP contribution < -0.4 is 5.32 Å². The molecule has 1 unspecified atom stereocenters. The van der Waals surface area contributed by atoms with E-state index < -0.39 is 0 Å². The standard InChI is InChI=1S/C17H22N6/c1-15(8-12-22-14-18-13-21-22)19-10-7-16-3-5-17(6-4-16)23-11-2-9-20-23/h2-6,9,11,13-15,19H,7-8,10,12H2,1H3. The summed E-state index contributed by atoms with van der Waals surface area (Å²) in [4.78, 5) is 3.95. The topological polar surface area (TPSA) is 60.6 Å². The highest BCUT2D eigenvalue weighted by molar-refractivity contribution is 5.33. The zero-order valence-electron chi connectivity index (χ0n) is 13.3. The summed E-state index contributed by atoms with van der Waals surface area (Å²) in [6.07, 6.45) is 9.14. The van der Waals surface area contributed by atoms with E-state index in [1.54, 1.807) is 18.9 Å². The number of aryl methyl sites for hydroxylation is 1. The summed E-state index contributed by atoms with van der Waals surface area (Å²) >= 11 is 0. The molecular formula is C17H22N6. The van der Waals surface area contributed by atoms with Gasteiger partial charge in [0.1, 0.15) is 12.7 Å². The van der Waals surface area contributed by atoms with Gasteiger partial charge in [-0.05, 0) is 50.1 Å². The van der Waals surface area contributed by atoms with Gasteiger partial charge in [0.2, 0.25) is 0 Å². The van der Waals surface area contributed by atoms with Gasteiger partial charge in [0.25, 0.3) is 0 Å². The lowest BCUT2D eigenvalue weighted by atomic mass is 10.1. The molecule has 0 aliphatic heterocycles. The zero-order valence-corrected chi connectivity index (χ0v) is 13.3. The highest BCUT2D eigenvalue weighted by Gasteiger charge is 2.03. The van der Waals surface area contributed by atoms with Crippen molar-refractivity contribution in [1.82, 2.24) is 29.9 Å². The number of hydrogen-bond donors (Lipinski definition) is 1. The molecule has 3 aromatic rings. The lowest BCUT2D eigenvalue weighted by Gasteiger charge is -2.13. The third-order valence-corrected chi connectivity index (χ3v) is 3.87. The molecule has 0 spiro atoms. The smallest absolute Gasteiger partial charge is 0.137 e. The Hall–Kier alpha value is -2.47. The largest absolute Gasteiger partial charge is 0.314 e. The van der Waals surface area contributed by atoms with Crippen LogP contribution in [0, 0.1) is 0 Å². The predicted molar refractivity (Wildman–Crippen MR) is 89.4 cm³/mol. The van der Waals surface area contributed by atoms with Crippen molar-refractivity contribution in [2.75, 3.05) is 6.54 Å². The Bertz CT molecular complexity index is 672. The second-order valence-corrected chi connectivity index (χ2v) is 5.67. The molecule has 1 atom stereocenters. The van der Waals surface area contributed by atoms with Crippen molar-refractivity contribution in [1.29, 1.82) is 0 Å². The molecule has 0 radical (unpaired) electrons. The monoisotopic (exact) mass is 310 g/mol. The van der Waals surface area contributed by atoms with Gasteiger partial charge in [-0.2, -0.15) is 10.2 Å². The van der Waals surface area contributed by atoms with Crippen LogP contribution in [0.15, 0.2) is 55.4 Å². The first-order valence-corrected chi connectivity index (χ1v) is 7.96. The van der Waals surface area contributed by atoms with Crippen molar-refractivity contribution in [2.24, 2.45) is 0 Å².